The number of thiophene rings is 1. The molecule has 31 heavy (non-hydrogen) atoms. The summed E-state index contributed by atoms with van der Waals surface area (Å²) in [4.78, 5) is 32.2. The van der Waals surface area contributed by atoms with Crippen LogP contribution in [0.25, 0.3) is 20.7 Å². The molecule has 0 aliphatic carbocycles. The average molecular weight is 436 g/mol. The van der Waals surface area contributed by atoms with Gasteiger partial charge in [0, 0.05) is 42.1 Å². The molecule has 3 aromatic heterocycles. The molecular weight excluding hydrogens is 410 g/mol. The number of ether oxygens (including phenoxy) is 1. The molecule has 0 aliphatic rings. The van der Waals surface area contributed by atoms with Gasteiger partial charge >= 0.3 is 0 Å². The summed E-state index contributed by atoms with van der Waals surface area (Å²) in [6.07, 6.45) is 2.36. The first-order valence-electron chi connectivity index (χ1n) is 10.2. The molecule has 0 atom stereocenters. The summed E-state index contributed by atoms with van der Waals surface area (Å²) < 4.78 is 8.66. The topological polar surface area (TPSA) is 66.1 Å². The second kappa shape index (κ2) is 8.99. The molecule has 0 spiro atoms. The maximum Gasteiger partial charge on any atom is 0.262 e. The van der Waals surface area contributed by atoms with Gasteiger partial charge in [0.1, 0.15) is 4.83 Å². The minimum atomic E-state index is -0.189. The molecule has 0 unspecified atom stereocenters. The molecule has 0 N–H and O–H groups in total. The molecule has 0 bridgehead atoms. The zero-order valence-electron chi connectivity index (χ0n) is 17.9. The lowest BCUT2D eigenvalue weighted by Crippen LogP contribution is -2.24. The molecule has 0 fully saturated rings. The Morgan fingerprint density at radius 3 is 2.68 bits per heavy atom. The Morgan fingerprint density at radius 2 is 1.94 bits per heavy atom. The van der Waals surface area contributed by atoms with Gasteiger partial charge in [-0.15, -0.1) is 11.3 Å². The number of benzene rings is 1. The maximum absolute atomic E-state index is 13.0. The van der Waals surface area contributed by atoms with Gasteiger partial charge in [-0.3, -0.25) is 14.2 Å². The predicted octanol–water partition coefficient (Wildman–Crippen LogP) is 4.46. The Balaban J connectivity index is 1.60. The van der Waals surface area contributed by atoms with Crippen LogP contribution in [0.3, 0.4) is 0 Å². The first kappa shape index (κ1) is 21.2. The number of aromatic nitrogens is 3. The van der Waals surface area contributed by atoms with E-state index in [9.17, 15) is 9.59 Å². The SMILES string of the molecule is COCCCn1c(C)cc(C(=O)Cn2cnc3sc(-c4ccccc4)cc3c2=O)c1C. The van der Waals surface area contributed by atoms with Gasteiger partial charge in [-0.1, -0.05) is 30.3 Å². The van der Waals surface area contributed by atoms with E-state index < -0.39 is 0 Å². The second-order valence-electron chi connectivity index (χ2n) is 7.58. The van der Waals surface area contributed by atoms with Crippen molar-refractivity contribution in [2.24, 2.45) is 0 Å². The molecule has 3 heterocycles. The van der Waals surface area contributed by atoms with Crippen LogP contribution in [-0.4, -0.2) is 33.6 Å². The van der Waals surface area contributed by atoms with Crippen LogP contribution < -0.4 is 5.56 Å². The second-order valence-corrected chi connectivity index (χ2v) is 8.61. The zero-order chi connectivity index (χ0) is 22.0. The Morgan fingerprint density at radius 1 is 1.16 bits per heavy atom. The summed E-state index contributed by atoms with van der Waals surface area (Å²) in [6, 6.07) is 13.7. The molecule has 0 amide bonds. The summed E-state index contributed by atoms with van der Waals surface area (Å²) in [7, 11) is 1.68. The minimum Gasteiger partial charge on any atom is -0.385 e. The van der Waals surface area contributed by atoms with Crippen molar-refractivity contribution in [3.05, 3.63) is 76.1 Å². The summed E-state index contributed by atoms with van der Waals surface area (Å²) >= 11 is 1.48. The summed E-state index contributed by atoms with van der Waals surface area (Å²) in [6.45, 7) is 5.38. The van der Waals surface area contributed by atoms with Crippen LogP contribution in [0.5, 0.6) is 0 Å². The lowest BCUT2D eigenvalue weighted by Gasteiger charge is -2.09. The van der Waals surface area contributed by atoms with E-state index >= 15 is 0 Å². The van der Waals surface area contributed by atoms with Crippen LogP contribution in [0, 0.1) is 13.8 Å². The van der Waals surface area contributed by atoms with Gasteiger partial charge in [0.15, 0.2) is 5.78 Å². The average Bonchev–Trinajstić information content (AvgIpc) is 3.33. The number of hydrogen-bond donors (Lipinski definition) is 0. The van der Waals surface area contributed by atoms with E-state index in [-0.39, 0.29) is 17.9 Å². The molecule has 0 saturated heterocycles. The molecule has 0 aliphatic heterocycles. The lowest BCUT2D eigenvalue weighted by atomic mass is 10.1. The van der Waals surface area contributed by atoms with E-state index in [0.717, 1.165) is 34.8 Å². The van der Waals surface area contributed by atoms with Crippen molar-refractivity contribution in [1.29, 1.82) is 0 Å². The van der Waals surface area contributed by atoms with Gasteiger partial charge in [-0.05, 0) is 38.0 Å². The van der Waals surface area contributed by atoms with E-state index in [2.05, 4.69) is 9.55 Å². The third-order valence-electron chi connectivity index (χ3n) is 5.49. The molecule has 4 aromatic rings. The number of fused-ring (bicyclic) bond motifs is 1. The quantitative estimate of drug-likeness (QED) is 0.303. The highest BCUT2D eigenvalue weighted by atomic mass is 32.1. The van der Waals surface area contributed by atoms with E-state index in [1.807, 2.05) is 56.3 Å². The van der Waals surface area contributed by atoms with Gasteiger partial charge in [0.25, 0.3) is 5.56 Å². The predicted molar refractivity (Wildman–Crippen MR) is 124 cm³/mol. The highest BCUT2D eigenvalue weighted by molar-refractivity contribution is 7.21. The third-order valence-corrected chi connectivity index (χ3v) is 6.59. The van der Waals surface area contributed by atoms with Gasteiger partial charge in [-0.2, -0.15) is 0 Å². The number of carbonyl (C=O) groups excluding carboxylic acids is 1. The van der Waals surface area contributed by atoms with Crippen LogP contribution in [0.1, 0.15) is 28.2 Å². The molecule has 6 nitrogen and oxygen atoms in total. The van der Waals surface area contributed by atoms with Crippen LogP contribution in [0.15, 0.2) is 53.6 Å². The standard InChI is InChI=1S/C24H25N3O3S/c1-16-12-19(17(2)27(16)10-7-11-30-3)21(28)14-26-15-25-23-20(24(26)29)13-22(31-23)18-8-5-4-6-9-18/h4-6,8-9,12-13,15H,7,10-11,14H2,1-3H3. The third kappa shape index (κ3) is 4.24. The first-order chi connectivity index (χ1) is 15.0. The molecule has 0 saturated carbocycles. The van der Waals surface area contributed by atoms with Crippen molar-refractivity contribution in [2.45, 2.75) is 33.4 Å². The molecule has 160 valence electrons. The summed E-state index contributed by atoms with van der Waals surface area (Å²) in [5, 5.41) is 0.546. The number of carbonyl (C=O) groups is 1. The van der Waals surface area contributed by atoms with E-state index in [1.165, 1.54) is 22.2 Å². The maximum atomic E-state index is 13.0. The molecule has 0 radical (unpaired) electrons. The number of Topliss-reactive ketones (excluding diaryl/α,β-unsaturated/α-hetero) is 1. The van der Waals surface area contributed by atoms with E-state index in [0.29, 0.717) is 22.4 Å². The highest BCUT2D eigenvalue weighted by Gasteiger charge is 2.18. The van der Waals surface area contributed by atoms with Gasteiger partial charge < -0.3 is 9.30 Å². The van der Waals surface area contributed by atoms with Crippen molar-refractivity contribution in [2.75, 3.05) is 13.7 Å². The van der Waals surface area contributed by atoms with Crippen molar-refractivity contribution in [3.8, 4) is 10.4 Å². The monoisotopic (exact) mass is 435 g/mol. The Labute approximate surface area is 184 Å². The Bertz CT molecular complexity index is 1280. The number of hydrogen-bond acceptors (Lipinski definition) is 5. The van der Waals surface area contributed by atoms with Crippen LogP contribution in [-0.2, 0) is 17.8 Å². The van der Waals surface area contributed by atoms with Gasteiger partial charge in [0.2, 0.25) is 0 Å². The largest absolute Gasteiger partial charge is 0.385 e. The number of ketones is 1. The minimum absolute atomic E-state index is 0.0271. The van der Waals surface area contributed by atoms with Gasteiger partial charge in [0.05, 0.1) is 18.3 Å². The number of nitrogens with zero attached hydrogens (tertiary/aromatic N) is 3. The number of methoxy groups -OCH3 is 1. The van der Waals surface area contributed by atoms with E-state index in [1.54, 1.807) is 7.11 Å². The number of rotatable bonds is 8. The first-order valence-corrected chi connectivity index (χ1v) is 11.0. The normalized spacial score (nSPS) is 11.3. The van der Waals surface area contributed by atoms with Crippen LogP contribution >= 0.6 is 11.3 Å². The fourth-order valence-electron chi connectivity index (χ4n) is 3.85. The van der Waals surface area contributed by atoms with E-state index in [4.69, 9.17) is 4.74 Å². The summed E-state index contributed by atoms with van der Waals surface area (Å²) in [5.74, 6) is -0.0900. The van der Waals surface area contributed by atoms with Crippen molar-refractivity contribution in [3.63, 3.8) is 0 Å². The van der Waals surface area contributed by atoms with Crippen molar-refractivity contribution < 1.29 is 9.53 Å². The lowest BCUT2D eigenvalue weighted by molar-refractivity contribution is 0.0970. The molecule has 4 rings (SSSR count). The van der Waals surface area contributed by atoms with Crippen molar-refractivity contribution in [1.82, 2.24) is 14.1 Å². The zero-order valence-corrected chi connectivity index (χ0v) is 18.7. The summed E-state index contributed by atoms with van der Waals surface area (Å²) in [5.41, 5.74) is 3.46. The molecular formula is C24H25N3O3S. The smallest absolute Gasteiger partial charge is 0.262 e. The molecule has 1 aromatic carbocycles. The Hall–Kier alpha value is -3.03. The highest BCUT2D eigenvalue weighted by Crippen LogP contribution is 2.30. The van der Waals surface area contributed by atoms with Crippen molar-refractivity contribution >= 4 is 27.3 Å². The Kier molecular flexibility index (Phi) is 6.15. The van der Waals surface area contributed by atoms with Crippen LogP contribution in [0.4, 0.5) is 0 Å². The fourth-order valence-corrected chi connectivity index (χ4v) is 4.85. The number of aryl methyl sites for hydroxylation is 1. The molecule has 7 heteroatoms. The van der Waals surface area contributed by atoms with Gasteiger partial charge in [-0.25, -0.2) is 4.98 Å². The van der Waals surface area contributed by atoms with Crippen LogP contribution in [0.2, 0.25) is 0 Å². The fraction of sp³-hybridized carbons (Fsp3) is 0.292.